The maximum absolute atomic E-state index is 13.1. The molecule has 3 saturated heterocycles. The molecule has 0 aromatic rings. The largest absolute Gasteiger partial charge is 0.381 e. The third-order valence-corrected chi connectivity index (χ3v) is 6.04. The van der Waals surface area contributed by atoms with Gasteiger partial charge in [-0.25, -0.2) is 0 Å². The molecule has 1 amide bonds. The first-order valence-corrected chi connectivity index (χ1v) is 8.93. The Morgan fingerprint density at radius 2 is 1.73 bits per heavy atom. The van der Waals surface area contributed by atoms with Crippen LogP contribution in [0, 0.1) is 17.3 Å². The number of rotatable bonds is 3. The summed E-state index contributed by atoms with van der Waals surface area (Å²) in [5.41, 5.74) is 0.169. The molecule has 1 spiro atoms. The number of morpholine rings is 1. The predicted molar refractivity (Wildman–Crippen MR) is 82.5 cm³/mol. The van der Waals surface area contributed by atoms with E-state index in [9.17, 15) is 4.79 Å². The van der Waals surface area contributed by atoms with E-state index in [1.165, 1.54) is 19.4 Å². The van der Waals surface area contributed by atoms with Crippen molar-refractivity contribution >= 4 is 5.91 Å². The van der Waals surface area contributed by atoms with Crippen LogP contribution in [0.4, 0.5) is 0 Å². The summed E-state index contributed by atoms with van der Waals surface area (Å²) >= 11 is 0. The second-order valence-corrected chi connectivity index (χ2v) is 7.60. The van der Waals surface area contributed by atoms with Gasteiger partial charge in [-0.1, -0.05) is 0 Å². The van der Waals surface area contributed by atoms with Crippen molar-refractivity contribution in [1.29, 1.82) is 0 Å². The van der Waals surface area contributed by atoms with Gasteiger partial charge in [0.05, 0.1) is 19.1 Å². The number of nitrogens with zero attached hydrogens (tertiary/aromatic N) is 2. The average molecular weight is 308 g/mol. The highest BCUT2D eigenvalue weighted by Crippen LogP contribution is 2.46. The zero-order valence-electron chi connectivity index (χ0n) is 13.5. The van der Waals surface area contributed by atoms with Gasteiger partial charge in [0, 0.05) is 51.4 Å². The van der Waals surface area contributed by atoms with Gasteiger partial charge in [0.2, 0.25) is 5.91 Å². The van der Waals surface area contributed by atoms with Crippen LogP contribution in [0.2, 0.25) is 0 Å². The summed E-state index contributed by atoms with van der Waals surface area (Å²) in [5.74, 6) is 1.45. The summed E-state index contributed by atoms with van der Waals surface area (Å²) in [4.78, 5) is 17.7. The van der Waals surface area contributed by atoms with E-state index in [0.717, 1.165) is 58.2 Å². The fourth-order valence-electron chi connectivity index (χ4n) is 4.51. The molecule has 0 aromatic carbocycles. The van der Waals surface area contributed by atoms with Gasteiger partial charge in [0.15, 0.2) is 0 Å². The molecule has 0 unspecified atom stereocenters. The molecule has 22 heavy (non-hydrogen) atoms. The maximum Gasteiger partial charge on any atom is 0.227 e. The topological polar surface area (TPSA) is 42.0 Å². The lowest BCUT2D eigenvalue weighted by Gasteiger charge is -2.40. The predicted octanol–water partition coefficient (Wildman–Crippen LogP) is 0.984. The molecule has 0 aromatic heterocycles. The van der Waals surface area contributed by atoms with Gasteiger partial charge >= 0.3 is 0 Å². The normalized spacial score (nSPS) is 32.5. The van der Waals surface area contributed by atoms with Crippen molar-refractivity contribution in [1.82, 2.24) is 9.80 Å². The van der Waals surface area contributed by atoms with E-state index in [-0.39, 0.29) is 11.3 Å². The van der Waals surface area contributed by atoms with Crippen molar-refractivity contribution in [3.05, 3.63) is 0 Å². The van der Waals surface area contributed by atoms with Gasteiger partial charge < -0.3 is 19.3 Å². The van der Waals surface area contributed by atoms with Crippen LogP contribution in [0.15, 0.2) is 0 Å². The summed E-state index contributed by atoms with van der Waals surface area (Å²) in [6.07, 6.45) is 4.87. The first kappa shape index (κ1) is 14.9. The van der Waals surface area contributed by atoms with Crippen LogP contribution in [0.1, 0.15) is 25.7 Å². The Bertz CT molecular complexity index is 412. The number of carbonyl (C=O) groups excluding carboxylic acids is 1. The zero-order chi connectivity index (χ0) is 15.0. The Kier molecular flexibility index (Phi) is 4.13. The third-order valence-electron chi connectivity index (χ3n) is 6.04. The molecule has 4 fully saturated rings. The van der Waals surface area contributed by atoms with Crippen LogP contribution < -0.4 is 0 Å². The van der Waals surface area contributed by atoms with Crippen molar-refractivity contribution in [3.8, 4) is 0 Å². The van der Waals surface area contributed by atoms with Gasteiger partial charge in [-0.2, -0.15) is 0 Å². The summed E-state index contributed by atoms with van der Waals surface area (Å²) in [6, 6.07) is 0. The van der Waals surface area contributed by atoms with Crippen LogP contribution in [0.25, 0.3) is 0 Å². The van der Waals surface area contributed by atoms with Crippen LogP contribution >= 0.6 is 0 Å². The summed E-state index contributed by atoms with van der Waals surface area (Å²) in [5, 5.41) is 0. The van der Waals surface area contributed by atoms with E-state index < -0.39 is 0 Å². The quantitative estimate of drug-likeness (QED) is 0.779. The van der Waals surface area contributed by atoms with E-state index in [2.05, 4.69) is 4.90 Å². The van der Waals surface area contributed by atoms with Crippen molar-refractivity contribution in [2.24, 2.45) is 17.3 Å². The summed E-state index contributed by atoms with van der Waals surface area (Å²) in [7, 11) is 0. The molecular weight excluding hydrogens is 280 g/mol. The van der Waals surface area contributed by atoms with E-state index in [0.29, 0.717) is 19.1 Å². The highest BCUT2D eigenvalue weighted by Gasteiger charge is 2.52. The molecule has 0 radical (unpaired) electrons. The Morgan fingerprint density at radius 1 is 1.05 bits per heavy atom. The minimum Gasteiger partial charge on any atom is -0.381 e. The van der Waals surface area contributed by atoms with Crippen molar-refractivity contribution in [2.75, 3.05) is 59.2 Å². The fourth-order valence-corrected chi connectivity index (χ4v) is 4.51. The van der Waals surface area contributed by atoms with Gasteiger partial charge in [-0.05, 0) is 31.6 Å². The number of hydrogen-bond acceptors (Lipinski definition) is 4. The van der Waals surface area contributed by atoms with E-state index in [1.807, 2.05) is 4.90 Å². The van der Waals surface area contributed by atoms with Gasteiger partial charge in [-0.3, -0.25) is 4.79 Å². The molecule has 0 N–H and O–H groups in total. The van der Waals surface area contributed by atoms with Crippen LogP contribution in [0.3, 0.4) is 0 Å². The minimum atomic E-state index is 0.169. The second kappa shape index (κ2) is 6.10. The Balaban J connectivity index is 1.49. The van der Waals surface area contributed by atoms with Crippen molar-refractivity contribution < 1.29 is 14.3 Å². The van der Waals surface area contributed by atoms with Crippen molar-refractivity contribution in [2.45, 2.75) is 25.7 Å². The van der Waals surface area contributed by atoms with Gasteiger partial charge in [0.1, 0.15) is 0 Å². The highest BCUT2D eigenvalue weighted by atomic mass is 16.5. The standard InChI is InChI=1S/C17H28N2O3/c20-16(19-5-9-22-10-6-19)15-12-18(11-14-1-2-14)13-17(15)3-7-21-8-4-17/h14-15H,1-13H2/t15-/m1/s1. The van der Waals surface area contributed by atoms with Crippen LogP contribution in [-0.2, 0) is 14.3 Å². The molecule has 5 nitrogen and oxygen atoms in total. The Labute approximate surface area is 132 Å². The maximum atomic E-state index is 13.1. The molecule has 1 saturated carbocycles. The molecule has 5 heteroatoms. The number of likely N-dealkylation sites (tertiary alicyclic amines) is 1. The lowest BCUT2D eigenvalue weighted by atomic mass is 9.71. The van der Waals surface area contributed by atoms with Gasteiger partial charge in [-0.15, -0.1) is 0 Å². The molecule has 4 aliphatic rings. The number of carbonyl (C=O) groups is 1. The Morgan fingerprint density at radius 3 is 2.41 bits per heavy atom. The smallest absolute Gasteiger partial charge is 0.227 e. The molecule has 0 bridgehead atoms. The van der Waals surface area contributed by atoms with Gasteiger partial charge in [0.25, 0.3) is 0 Å². The van der Waals surface area contributed by atoms with Crippen molar-refractivity contribution in [3.63, 3.8) is 0 Å². The lowest BCUT2D eigenvalue weighted by Crippen LogP contribution is -2.49. The molecule has 4 rings (SSSR count). The molecule has 3 heterocycles. The fraction of sp³-hybridized carbons (Fsp3) is 0.941. The second-order valence-electron chi connectivity index (χ2n) is 7.60. The Hall–Kier alpha value is -0.650. The third kappa shape index (κ3) is 2.91. The van der Waals surface area contributed by atoms with Crippen LogP contribution in [-0.4, -0.2) is 74.9 Å². The molecule has 1 aliphatic carbocycles. The summed E-state index contributed by atoms with van der Waals surface area (Å²) < 4.78 is 11.0. The monoisotopic (exact) mass is 308 g/mol. The SMILES string of the molecule is O=C([C@H]1CN(CC2CC2)CC12CCOCC2)N1CCOCC1. The number of hydrogen-bond donors (Lipinski definition) is 0. The number of amides is 1. The number of ether oxygens (including phenoxy) is 2. The molecule has 1 atom stereocenters. The molecule has 124 valence electrons. The molecule has 3 aliphatic heterocycles. The van der Waals surface area contributed by atoms with Crippen LogP contribution in [0.5, 0.6) is 0 Å². The molecular formula is C17H28N2O3. The first-order valence-electron chi connectivity index (χ1n) is 8.93. The zero-order valence-corrected chi connectivity index (χ0v) is 13.5. The lowest BCUT2D eigenvalue weighted by molar-refractivity contribution is -0.144. The minimum absolute atomic E-state index is 0.169. The highest BCUT2D eigenvalue weighted by molar-refractivity contribution is 5.80. The average Bonchev–Trinajstić information content (AvgIpc) is 3.31. The summed E-state index contributed by atoms with van der Waals surface area (Å²) in [6.45, 7) is 7.85. The van der Waals surface area contributed by atoms with E-state index >= 15 is 0 Å². The van der Waals surface area contributed by atoms with E-state index in [1.54, 1.807) is 0 Å². The first-order chi connectivity index (χ1) is 10.8. The van der Waals surface area contributed by atoms with E-state index in [4.69, 9.17) is 9.47 Å².